The van der Waals surface area contributed by atoms with E-state index in [1.807, 2.05) is 12.1 Å². The number of Topliss-reactive ketones (excluding diaryl/α,β-unsaturated/α-hetero) is 1. The molecule has 3 aromatic rings. The minimum atomic E-state index is -0.786. The molecule has 28 heavy (non-hydrogen) atoms. The molecule has 0 radical (unpaired) electrons. The summed E-state index contributed by atoms with van der Waals surface area (Å²) in [5.41, 5.74) is 6.38. The number of hydrogen-bond acceptors (Lipinski definition) is 5. The third-order valence-corrected chi connectivity index (χ3v) is 4.28. The molecule has 0 saturated carbocycles. The Morgan fingerprint density at radius 2 is 1.82 bits per heavy atom. The molecule has 144 valence electrons. The Morgan fingerprint density at radius 1 is 1.11 bits per heavy atom. The molecule has 1 heterocycles. The Balaban J connectivity index is 1.61. The van der Waals surface area contributed by atoms with Gasteiger partial charge in [0.25, 0.3) is 0 Å². The number of amides is 2. The van der Waals surface area contributed by atoms with Gasteiger partial charge in [0, 0.05) is 10.4 Å². The third-order valence-electron chi connectivity index (χ3n) is 4.02. The molecule has 1 atom stereocenters. The molecule has 7 nitrogen and oxygen atoms in total. The number of carbonyl (C=O) groups is 3. The van der Waals surface area contributed by atoms with Gasteiger partial charge in [0.1, 0.15) is 5.58 Å². The molecule has 3 N–H and O–H groups in total. The maximum Gasteiger partial charge on any atom is 0.312 e. The summed E-state index contributed by atoms with van der Waals surface area (Å²) in [5, 5.41) is 3.77. The van der Waals surface area contributed by atoms with Crippen molar-refractivity contribution in [3.8, 4) is 0 Å². The molecule has 8 heteroatoms. The van der Waals surface area contributed by atoms with E-state index in [9.17, 15) is 14.4 Å². The smallest absolute Gasteiger partial charge is 0.312 e. The molecule has 3 rings (SSSR count). The Labute approximate surface area is 165 Å². The van der Waals surface area contributed by atoms with E-state index in [4.69, 9.17) is 26.5 Å². The highest BCUT2D eigenvalue weighted by Gasteiger charge is 2.20. The molecule has 0 aliphatic carbocycles. The quantitative estimate of drug-likeness (QED) is 0.464. The van der Waals surface area contributed by atoms with Crippen LogP contribution in [0.3, 0.4) is 0 Å². The van der Waals surface area contributed by atoms with Crippen LogP contribution in [0.5, 0.6) is 0 Å². The molecule has 2 amide bonds. The lowest BCUT2D eigenvalue weighted by molar-refractivity contribution is -0.143. The van der Waals surface area contributed by atoms with Crippen molar-refractivity contribution >= 4 is 40.4 Å². The maximum absolute atomic E-state index is 12.2. The number of carbonyl (C=O) groups excluding carboxylic acids is 3. The molecule has 0 saturated heterocycles. The van der Waals surface area contributed by atoms with Gasteiger partial charge in [-0.15, -0.1) is 0 Å². The molecule has 2 aromatic carbocycles. The van der Waals surface area contributed by atoms with Crippen LogP contribution in [0.25, 0.3) is 11.0 Å². The number of benzene rings is 2. The van der Waals surface area contributed by atoms with Gasteiger partial charge in [-0.3, -0.25) is 9.59 Å². The second kappa shape index (κ2) is 8.58. The number of urea groups is 1. The van der Waals surface area contributed by atoms with E-state index in [1.165, 1.54) is 0 Å². The predicted molar refractivity (Wildman–Crippen MR) is 103 cm³/mol. The minimum Gasteiger partial charge on any atom is -0.457 e. The van der Waals surface area contributed by atoms with Crippen LogP contribution in [0.15, 0.2) is 59.0 Å². The van der Waals surface area contributed by atoms with E-state index in [0.717, 1.165) is 5.39 Å². The summed E-state index contributed by atoms with van der Waals surface area (Å²) < 4.78 is 10.5. The Hall–Kier alpha value is -3.32. The van der Waals surface area contributed by atoms with E-state index in [2.05, 4.69) is 5.32 Å². The van der Waals surface area contributed by atoms with Gasteiger partial charge in [0.2, 0.25) is 5.78 Å². The molecular formula is C20H17ClN2O5. The van der Waals surface area contributed by atoms with Crippen molar-refractivity contribution in [3.63, 3.8) is 0 Å². The Morgan fingerprint density at radius 3 is 2.50 bits per heavy atom. The predicted octanol–water partition coefficient (Wildman–Crippen LogP) is 3.61. The zero-order valence-corrected chi connectivity index (χ0v) is 15.4. The highest BCUT2D eigenvalue weighted by Crippen LogP contribution is 2.21. The number of rotatable bonds is 7. The monoisotopic (exact) mass is 400 g/mol. The summed E-state index contributed by atoms with van der Waals surface area (Å²) in [6.07, 6.45) is -0.196. The fourth-order valence-electron chi connectivity index (χ4n) is 2.68. The van der Waals surface area contributed by atoms with Gasteiger partial charge in [-0.05, 0) is 29.8 Å². The molecule has 0 unspecified atom stereocenters. The Kier molecular flexibility index (Phi) is 5.96. The number of fused-ring (bicyclic) bond motifs is 1. The Bertz CT molecular complexity index is 980. The van der Waals surface area contributed by atoms with Gasteiger partial charge < -0.3 is 20.2 Å². The maximum atomic E-state index is 12.2. The van der Waals surface area contributed by atoms with Crippen molar-refractivity contribution in [2.24, 2.45) is 5.73 Å². The van der Waals surface area contributed by atoms with Crippen molar-refractivity contribution in [3.05, 3.63) is 70.9 Å². The zero-order valence-electron chi connectivity index (χ0n) is 14.7. The number of ether oxygens (including phenoxy) is 1. The number of esters is 1. The van der Waals surface area contributed by atoms with Gasteiger partial charge >= 0.3 is 12.0 Å². The van der Waals surface area contributed by atoms with Crippen molar-refractivity contribution in [2.45, 2.75) is 12.5 Å². The highest BCUT2D eigenvalue weighted by atomic mass is 35.5. The van der Waals surface area contributed by atoms with Gasteiger partial charge in [0.05, 0.1) is 12.5 Å². The number of primary amides is 1. The molecule has 1 aromatic heterocycles. The van der Waals surface area contributed by atoms with Crippen LogP contribution >= 0.6 is 11.6 Å². The number of ketones is 1. The first-order valence-corrected chi connectivity index (χ1v) is 8.79. The number of nitrogens with two attached hydrogens (primary N) is 1. The summed E-state index contributed by atoms with van der Waals surface area (Å²) in [4.78, 5) is 35.6. The van der Waals surface area contributed by atoms with Crippen LogP contribution in [0, 0.1) is 0 Å². The van der Waals surface area contributed by atoms with Crippen molar-refractivity contribution < 1.29 is 23.5 Å². The molecule has 0 aliphatic rings. The summed E-state index contributed by atoms with van der Waals surface area (Å²) in [5.74, 6) is -1.02. The van der Waals surface area contributed by atoms with Crippen LogP contribution in [0.4, 0.5) is 4.79 Å². The summed E-state index contributed by atoms with van der Waals surface area (Å²) >= 11 is 5.85. The summed E-state index contributed by atoms with van der Waals surface area (Å²) in [6.45, 7) is -0.470. The van der Waals surface area contributed by atoms with Gasteiger partial charge in [0.15, 0.2) is 12.4 Å². The lowest BCUT2D eigenvalue weighted by Crippen LogP contribution is -2.34. The standard InChI is InChI=1S/C20H17ClN2O5/c21-14-7-5-12(6-8-14)15(23-20(22)26)10-19(25)27-11-16(24)18-9-13-3-1-2-4-17(13)28-18/h1-9,15H,10-11H2,(H3,22,23,26)/t15-/m0/s1. The van der Waals surface area contributed by atoms with Crippen LogP contribution in [-0.4, -0.2) is 24.4 Å². The second-order valence-corrected chi connectivity index (χ2v) is 6.49. The van der Waals surface area contributed by atoms with Crippen LogP contribution < -0.4 is 11.1 Å². The SMILES string of the molecule is NC(=O)N[C@@H](CC(=O)OCC(=O)c1cc2ccccc2o1)c1ccc(Cl)cc1. The summed E-state index contributed by atoms with van der Waals surface area (Å²) in [6, 6.07) is 13.9. The number of hydrogen-bond donors (Lipinski definition) is 2. The lowest BCUT2D eigenvalue weighted by Gasteiger charge is -2.17. The molecular weight excluding hydrogens is 384 g/mol. The van der Waals surface area contributed by atoms with Crippen LogP contribution in [0.2, 0.25) is 5.02 Å². The molecule has 0 fully saturated rings. The first-order valence-electron chi connectivity index (χ1n) is 8.41. The van der Waals surface area contributed by atoms with E-state index >= 15 is 0 Å². The number of para-hydroxylation sites is 1. The summed E-state index contributed by atoms with van der Waals surface area (Å²) in [7, 11) is 0. The fraction of sp³-hybridized carbons (Fsp3) is 0.150. The molecule has 0 bridgehead atoms. The minimum absolute atomic E-state index is 0.110. The largest absolute Gasteiger partial charge is 0.457 e. The fourth-order valence-corrected chi connectivity index (χ4v) is 2.81. The van der Waals surface area contributed by atoms with Crippen molar-refractivity contribution in [1.82, 2.24) is 5.32 Å². The average molecular weight is 401 g/mol. The third kappa shape index (κ3) is 4.89. The topological polar surface area (TPSA) is 112 Å². The number of nitrogens with one attached hydrogen (secondary N) is 1. The lowest BCUT2D eigenvalue weighted by atomic mass is 10.0. The van der Waals surface area contributed by atoms with E-state index < -0.39 is 30.4 Å². The normalized spacial score (nSPS) is 11.8. The second-order valence-electron chi connectivity index (χ2n) is 6.05. The van der Waals surface area contributed by atoms with Crippen LogP contribution in [-0.2, 0) is 9.53 Å². The van der Waals surface area contributed by atoms with Crippen molar-refractivity contribution in [1.29, 1.82) is 0 Å². The number of furan rings is 1. The van der Waals surface area contributed by atoms with Crippen LogP contribution in [0.1, 0.15) is 28.6 Å². The van der Waals surface area contributed by atoms with E-state index in [-0.39, 0.29) is 12.2 Å². The van der Waals surface area contributed by atoms with Crippen molar-refractivity contribution in [2.75, 3.05) is 6.61 Å². The van der Waals surface area contributed by atoms with Gasteiger partial charge in [-0.1, -0.05) is 41.9 Å². The van der Waals surface area contributed by atoms with Gasteiger partial charge in [-0.2, -0.15) is 0 Å². The average Bonchev–Trinajstić information content (AvgIpc) is 3.10. The van der Waals surface area contributed by atoms with E-state index in [0.29, 0.717) is 16.2 Å². The van der Waals surface area contributed by atoms with E-state index in [1.54, 1.807) is 42.5 Å². The zero-order chi connectivity index (χ0) is 20.1. The van der Waals surface area contributed by atoms with Gasteiger partial charge in [-0.25, -0.2) is 4.79 Å². The molecule has 0 aliphatic heterocycles. The molecule has 0 spiro atoms. The first kappa shape index (κ1) is 19.4. The highest BCUT2D eigenvalue weighted by molar-refractivity contribution is 6.30. The number of halogens is 1. The first-order chi connectivity index (χ1) is 13.4.